The van der Waals surface area contributed by atoms with E-state index in [2.05, 4.69) is 13.8 Å². The minimum atomic E-state index is -2.12. The lowest BCUT2D eigenvalue weighted by Gasteiger charge is -2.27. The maximum atomic E-state index is 14.0. The quantitative estimate of drug-likeness (QED) is 0.313. The Morgan fingerprint density at radius 2 is 1.43 bits per heavy atom. The van der Waals surface area contributed by atoms with Gasteiger partial charge in [-0.05, 0) is 35.2 Å². The second-order valence-corrected chi connectivity index (χ2v) is 10.7. The maximum absolute atomic E-state index is 14.0. The van der Waals surface area contributed by atoms with Crippen LogP contribution in [0.2, 0.25) is 10.0 Å². The molecule has 3 aromatic carbocycles. The maximum Gasteiger partial charge on any atom is 0.241 e. The Hall–Kier alpha value is -3.32. The largest absolute Gasteiger partial charge is 0.349 e. The number of fused-ring (bicyclic) bond motifs is 3. The first kappa shape index (κ1) is 24.0. The zero-order valence-electron chi connectivity index (χ0n) is 19.9. The fourth-order valence-electron chi connectivity index (χ4n) is 5.77. The molecular formula is C29H21Cl2NO5. The number of anilines is 1. The van der Waals surface area contributed by atoms with Crippen molar-refractivity contribution in [2.45, 2.75) is 31.5 Å². The van der Waals surface area contributed by atoms with E-state index in [1.54, 1.807) is 24.3 Å². The number of carbonyl (C=O) groups is 4. The van der Waals surface area contributed by atoms with E-state index < -0.39 is 46.9 Å². The highest BCUT2D eigenvalue weighted by molar-refractivity contribution is 6.42. The third-order valence-corrected chi connectivity index (χ3v) is 8.35. The third-order valence-electron chi connectivity index (χ3n) is 7.61. The van der Waals surface area contributed by atoms with Crippen molar-refractivity contribution in [3.63, 3.8) is 0 Å². The minimum absolute atomic E-state index is 0.170. The Balaban J connectivity index is 1.52. The summed E-state index contributed by atoms with van der Waals surface area (Å²) in [6, 6.07) is 18.3. The number of rotatable bonds is 3. The summed E-state index contributed by atoms with van der Waals surface area (Å²) in [5.41, 5.74) is 0.182. The van der Waals surface area contributed by atoms with Crippen LogP contribution in [0.3, 0.4) is 0 Å². The first-order valence-electron chi connectivity index (χ1n) is 12.0. The normalized spacial score (nSPS) is 23.9. The molecule has 0 aromatic heterocycles. The van der Waals surface area contributed by atoms with Crippen molar-refractivity contribution in [1.29, 1.82) is 0 Å². The van der Waals surface area contributed by atoms with Crippen molar-refractivity contribution in [3.05, 3.63) is 99.0 Å². The van der Waals surface area contributed by atoms with E-state index in [1.807, 2.05) is 24.3 Å². The molecule has 1 aliphatic carbocycles. The van der Waals surface area contributed by atoms with Gasteiger partial charge in [-0.2, -0.15) is 0 Å². The number of amides is 2. The lowest BCUT2D eigenvalue weighted by molar-refractivity contribution is -0.127. The number of hydrogen-bond acceptors (Lipinski definition) is 5. The Kier molecular flexibility index (Phi) is 5.42. The SMILES string of the molecule is CC(C)c1ccc([C@@H]2OC3(C(=O)c4ccccc4C3=O)[C@H]3C(=O)N(c4ccc(Cl)c(Cl)c4)C(=O)[C@@H]23)cc1. The van der Waals surface area contributed by atoms with Crippen molar-refractivity contribution in [2.24, 2.45) is 11.8 Å². The highest BCUT2D eigenvalue weighted by Crippen LogP contribution is 2.57. The second-order valence-electron chi connectivity index (χ2n) is 9.91. The third kappa shape index (κ3) is 3.22. The van der Waals surface area contributed by atoms with Gasteiger partial charge in [0.1, 0.15) is 0 Å². The number of hydrogen-bond donors (Lipinski definition) is 0. The molecule has 8 heteroatoms. The second kappa shape index (κ2) is 8.35. The number of imide groups is 1. The zero-order chi connectivity index (χ0) is 26.2. The summed E-state index contributed by atoms with van der Waals surface area (Å²) < 4.78 is 6.32. The Morgan fingerprint density at radius 3 is 2.00 bits per heavy atom. The van der Waals surface area contributed by atoms with E-state index in [9.17, 15) is 19.2 Å². The number of Topliss-reactive ketones (excluding diaryl/α,β-unsaturated/α-hetero) is 2. The van der Waals surface area contributed by atoms with E-state index >= 15 is 0 Å². The molecule has 3 aliphatic rings. The molecule has 1 spiro atoms. The highest BCUT2D eigenvalue weighted by Gasteiger charge is 2.74. The minimum Gasteiger partial charge on any atom is -0.349 e. The van der Waals surface area contributed by atoms with Crippen LogP contribution in [0.5, 0.6) is 0 Å². The number of ketones is 2. The Labute approximate surface area is 223 Å². The first-order chi connectivity index (χ1) is 17.7. The van der Waals surface area contributed by atoms with E-state index in [0.717, 1.165) is 10.5 Å². The number of halogens is 2. The summed E-state index contributed by atoms with van der Waals surface area (Å²) >= 11 is 12.2. The smallest absolute Gasteiger partial charge is 0.241 e. The molecule has 2 amide bonds. The molecule has 0 bridgehead atoms. The predicted molar refractivity (Wildman–Crippen MR) is 138 cm³/mol. The Bertz CT molecular complexity index is 1480. The summed E-state index contributed by atoms with van der Waals surface area (Å²) in [6.45, 7) is 4.13. The van der Waals surface area contributed by atoms with Crippen molar-refractivity contribution >= 4 is 52.3 Å². The Morgan fingerprint density at radius 1 is 0.811 bits per heavy atom. The number of nitrogens with zero attached hydrogens (tertiary/aromatic N) is 1. The molecule has 2 aliphatic heterocycles. The van der Waals surface area contributed by atoms with Gasteiger partial charge in [0.15, 0.2) is 0 Å². The molecule has 0 radical (unpaired) electrons. The molecule has 2 fully saturated rings. The van der Waals surface area contributed by atoms with Crippen LogP contribution in [0.4, 0.5) is 5.69 Å². The monoisotopic (exact) mass is 533 g/mol. The molecule has 186 valence electrons. The van der Waals surface area contributed by atoms with Gasteiger partial charge in [0, 0.05) is 11.1 Å². The van der Waals surface area contributed by atoms with Crippen molar-refractivity contribution in [3.8, 4) is 0 Å². The first-order valence-corrected chi connectivity index (χ1v) is 12.7. The molecule has 3 aromatic rings. The molecule has 0 saturated carbocycles. The summed E-state index contributed by atoms with van der Waals surface area (Å²) in [4.78, 5) is 56.5. The van der Waals surface area contributed by atoms with Gasteiger partial charge in [0.05, 0.1) is 33.7 Å². The number of carbonyl (C=O) groups excluding carboxylic acids is 4. The summed E-state index contributed by atoms with van der Waals surface area (Å²) in [6.07, 6.45) is -0.974. The van der Waals surface area contributed by atoms with Gasteiger partial charge in [-0.1, -0.05) is 85.6 Å². The van der Waals surface area contributed by atoms with Gasteiger partial charge in [-0.15, -0.1) is 0 Å². The van der Waals surface area contributed by atoms with Gasteiger partial charge in [-0.3, -0.25) is 19.2 Å². The van der Waals surface area contributed by atoms with Crippen LogP contribution in [-0.2, 0) is 14.3 Å². The highest BCUT2D eigenvalue weighted by atomic mass is 35.5. The van der Waals surface area contributed by atoms with Crippen LogP contribution in [0, 0.1) is 11.8 Å². The molecule has 6 rings (SSSR count). The average molecular weight is 534 g/mol. The molecule has 2 saturated heterocycles. The molecule has 37 heavy (non-hydrogen) atoms. The fraction of sp³-hybridized carbons (Fsp3) is 0.241. The van der Waals surface area contributed by atoms with E-state index in [0.29, 0.717) is 5.56 Å². The van der Waals surface area contributed by atoms with E-state index in [1.165, 1.54) is 18.2 Å². The average Bonchev–Trinajstić information content (AvgIpc) is 3.46. The number of benzene rings is 3. The molecule has 3 atom stereocenters. The van der Waals surface area contributed by atoms with Gasteiger partial charge in [0.25, 0.3) is 0 Å². The molecule has 2 heterocycles. The number of ether oxygens (including phenoxy) is 1. The van der Waals surface area contributed by atoms with E-state index in [-0.39, 0.29) is 32.8 Å². The molecular weight excluding hydrogens is 513 g/mol. The summed E-state index contributed by atoms with van der Waals surface area (Å²) in [7, 11) is 0. The van der Waals surface area contributed by atoms with Crippen LogP contribution in [0.25, 0.3) is 0 Å². The molecule has 0 N–H and O–H groups in total. The van der Waals surface area contributed by atoms with Crippen LogP contribution in [0.15, 0.2) is 66.7 Å². The van der Waals surface area contributed by atoms with Crippen molar-refractivity contribution in [2.75, 3.05) is 4.90 Å². The zero-order valence-corrected chi connectivity index (χ0v) is 21.4. The van der Waals surface area contributed by atoms with Gasteiger partial charge in [0.2, 0.25) is 29.0 Å². The van der Waals surface area contributed by atoms with Gasteiger partial charge >= 0.3 is 0 Å². The van der Waals surface area contributed by atoms with Crippen LogP contribution in [0.1, 0.15) is 57.7 Å². The fourth-order valence-corrected chi connectivity index (χ4v) is 6.06. The standard InChI is InChI=1S/C29H21Cl2NO5/c1-14(2)15-7-9-16(10-8-15)24-22-23(28(36)32(27(22)35)17-11-12-20(30)21(31)13-17)29(37-24)25(33)18-5-3-4-6-19(18)26(29)34/h3-14,22-24H,1-2H3/t22-,23-,24+/m1/s1. The topological polar surface area (TPSA) is 80.8 Å². The van der Waals surface area contributed by atoms with Crippen LogP contribution >= 0.6 is 23.2 Å². The van der Waals surface area contributed by atoms with Crippen molar-refractivity contribution < 1.29 is 23.9 Å². The lowest BCUT2D eigenvalue weighted by Crippen LogP contribution is -2.51. The predicted octanol–water partition coefficient (Wildman–Crippen LogP) is 5.81. The molecule has 6 nitrogen and oxygen atoms in total. The molecule has 0 unspecified atom stereocenters. The summed E-state index contributed by atoms with van der Waals surface area (Å²) in [5.74, 6) is -4.54. The van der Waals surface area contributed by atoms with Gasteiger partial charge < -0.3 is 4.74 Å². The van der Waals surface area contributed by atoms with Gasteiger partial charge in [-0.25, -0.2) is 4.90 Å². The van der Waals surface area contributed by atoms with Crippen LogP contribution < -0.4 is 4.90 Å². The summed E-state index contributed by atoms with van der Waals surface area (Å²) in [5, 5.41) is 0.438. The van der Waals surface area contributed by atoms with E-state index in [4.69, 9.17) is 27.9 Å². The van der Waals surface area contributed by atoms with Crippen molar-refractivity contribution in [1.82, 2.24) is 0 Å². The van der Waals surface area contributed by atoms with Crippen LogP contribution in [-0.4, -0.2) is 29.0 Å². The lowest BCUT2D eigenvalue weighted by atomic mass is 9.77.